The third kappa shape index (κ3) is 2.92. The van der Waals surface area contributed by atoms with E-state index in [0.717, 1.165) is 16.3 Å². The van der Waals surface area contributed by atoms with Gasteiger partial charge in [-0.1, -0.05) is 18.2 Å². The zero-order chi connectivity index (χ0) is 14.8. The first-order chi connectivity index (χ1) is 9.45. The average molecular weight is 273 g/mol. The Balaban J connectivity index is 2.32. The summed E-state index contributed by atoms with van der Waals surface area (Å²) in [4.78, 5) is 6.56. The van der Waals surface area contributed by atoms with Crippen molar-refractivity contribution < 1.29 is 4.74 Å². The Morgan fingerprint density at radius 3 is 2.45 bits per heavy atom. The summed E-state index contributed by atoms with van der Waals surface area (Å²) in [5.41, 5.74) is 6.76. The maximum atomic E-state index is 5.95. The van der Waals surface area contributed by atoms with E-state index in [-0.39, 0.29) is 5.54 Å². The summed E-state index contributed by atoms with van der Waals surface area (Å²) in [7, 11) is 4.10. The molecule has 4 nitrogen and oxygen atoms in total. The van der Waals surface area contributed by atoms with E-state index in [9.17, 15) is 0 Å². The number of rotatable bonds is 5. The third-order valence-electron chi connectivity index (χ3n) is 3.83. The van der Waals surface area contributed by atoms with Gasteiger partial charge in [0.05, 0.1) is 0 Å². The lowest BCUT2D eigenvalue weighted by atomic mass is 10.1. The lowest BCUT2D eigenvalue weighted by molar-refractivity contribution is 0.112. The number of fused-ring (bicyclic) bond motifs is 1. The van der Waals surface area contributed by atoms with Crippen LogP contribution < -0.4 is 10.5 Å². The van der Waals surface area contributed by atoms with Crippen LogP contribution in [0.4, 0.5) is 0 Å². The standard InChI is InChI=1S/C16H23N3O/c1-16(2,19(3)4)11-20-15-14-8-6-5-7-13(14)12(9-17)10-18-15/h5-8,10H,9,11,17H2,1-4H3. The smallest absolute Gasteiger partial charge is 0.221 e. The second-order valence-corrected chi connectivity index (χ2v) is 5.83. The molecule has 108 valence electrons. The Kier molecular flexibility index (Phi) is 4.26. The van der Waals surface area contributed by atoms with Gasteiger partial charge >= 0.3 is 0 Å². The van der Waals surface area contributed by atoms with E-state index in [0.29, 0.717) is 19.0 Å². The number of benzene rings is 1. The second kappa shape index (κ2) is 5.77. The molecule has 0 saturated heterocycles. The fourth-order valence-electron chi connectivity index (χ4n) is 1.88. The Labute approximate surface area is 120 Å². The van der Waals surface area contributed by atoms with Crippen molar-refractivity contribution >= 4 is 10.8 Å². The van der Waals surface area contributed by atoms with E-state index < -0.39 is 0 Å². The molecule has 0 aliphatic carbocycles. The SMILES string of the molecule is CN(C)C(C)(C)COc1ncc(CN)c2ccccc12. The van der Waals surface area contributed by atoms with E-state index in [1.165, 1.54) is 0 Å². The monoisotopic (exact) mass is 273 g/mol. The predicted octanol–water partition coefficient (Wildman–Crippen LogP) is 2.41. The van der Waals surface area contributed by atoms with Crippen LogP contribution in [-0.4, -0.2) is 36.1 Å². The van der Waals surface area contributed by atoms with Crippen LogP contribution in [0.15, 0.2) is 30.5 Å². The van der Waals surface area contributed by atoms with Gasteiger partial charge in [-0.25, -0.2) is 4.98 Å². The highest BCUT2D eigenvalue weighted by Crippen LogP contribution is 2.26. The first kappa shape index (κ1) is 14.8. The fraction of sp³-hybridized carbons (Fsp3) is 0.438. The summed E-state index contributed by atoms with van der Waals surface area (Å²) >= 11 is 0. The Hall–Kier alpha value is -1.65. The lowest BCUT2D eigenvalue weighted by Gasteiger charge is -2.32. The molecule has 0 unspecified atom stereocenters. The van der Waals surface area contributed by atoms with Crippen molar-refractivity contribution in [3.63, 3.8) is 0 Å². The highest BCUT2D eigenvalue weighted by Gasteiger charge is 2.22. The number of pyridine rings is 1. The lowest BCUT2D eigenvalue weighted by Crippen LogP contribution is -2.43. The number of nitrogens with two attached hydrogens (primary N) is 1. The van der Waals surface area contributed by atoms with Gasteiger partial charge in [0.1, 0.15) is 6.61 Å². The van der Waals surface area contributed by atoms with E-state index in [1.807, 2.05) is 32.3 Å². The van der Waals surface area contributed by atoms with Crippen molar-refractivity contribution in [2.24, 2.45) is 5.73 Å². The molecule has 0 spiro atoms. The Morgan fingerprint density at radius 1 is 1.20 bits per heavy atom. The topological polar surface area (TPSA) is 51.4 Å². The summed E-state index contributed by atoms with van der Waals surface area (Å²) in [6.07, 6.45) is 1.81. The number of aromatic nitrogens is 1. The van der Waals surface area contributed by atoms with Gasteiger partial charge in [-0.15, -0.1) is 0 Å². The summed E-state index contributed by atoms with van der Waals surface area (Å²) in [5.74, 6) is 0.674. The van der Waals surface area contributed by atoms with Crippen molar-refractivity contribution in [2.45, 2.75) is 25.9 Å². The van der Waals surface area contributed by atoms with Gasteiger partial charge in [0.25, 0.3) is 0 Å². The molecule has 0 saturated carbocycles. The van der Waals surface area contributed by atoms with E-state index in [1.54, 1.807) is 6.20 Å². The molecule has 4 heteroatoms. The van der Waals surface area contributed by atoms with Crippen LogP contribution >= 0.6 is 0 Å². The van der Waals surface area contributed by atoms with Gasteiger partial charge < -0.3 is 15.4 Å². The number of nitrogens with zero attached hydrogens (tertiary/aromatic N) is 2. The fourth-order valence-corrected chi connectivity index (χ4v) is 1.88. The Morgan fingerprint density at radius 2 is 1.85 bits per heavy atom. The number of hydrogen-bond acceptors (Lipinski definition) is 4. The number of hydrogen-bond donors (Lipinski definition) is 1. The van der Waals surface area contributed by atoms with Crippen molar-refractivity contribution in [1.29, 1.82) is 0 Å². The van der Waals surface area contributed by atoms with Crippen LogP contribution in [-0.2, 0) is 6.54 Å². The van der Waals surface area contributed by atoms with Crippen LogP contribution in [0, 0.1) is 0 Å². The molecular weight excluding hydrogens is 250 g/mol. The molecule has 0 radical (unpaired) electrons. The summed E-state index contributed by atoms with van der Waals surface area (Å²) in [6.45, 7) is 5.35. The van der Waals surface area contributed by atoms with E-state index in [2.05, 4.69) is 29.8 Å². The molecule has 1 heterocycles. The molecule has 2 aromatic rings. The predicted molar refractivity (Wildman–Crippen MR) is 82.9 cm³/mol. The van der Waals surface area contributed by atoms with Crippen LogP contribution in [0.2, 0.25) is 0 Å². The van der Waals surface area contributed by atoms with Gasteiger partial charge in [-0.2, -0.15) is 0 Å². The summed E-state index contributed by atoms with van der Waals surface area (Å²) < 4.78 is 5.95. The largest absolute Gasteiger partial charge is 0.475 e. The highest BCUT2D eigenvalue weighted by molar-refractivity contribution is 5.89. The molecule has 1 aromatic heterocycles. The number of likely N-dealkylation sites (N-methyl/N-ethyl adjacent to an activating group) is 1. The van der Waals surface area contributed by atoms with E-state index in [4.69, 9.17) is 10.5 Å². The minimum absolute atomic E-state index is 0.0463. The maximum Gasteiger partial charge on any atom is 0.221 e. The quantitative estimate of drug-likeness (QED) is 0.909. The minimum atomic E-state index is -0.0463. The molecule has 0 amide bonds. The number of ether oxygens (including phenoxy) is 1. The molecule has 0 bridgehead atoms. The first-order valence-electron chi connectivity index (χ1n) is 6.82. The molecule has 0 fully saturated rings. The first-order valence-corrected chi connectivity index (χ1v) is 6.82. The van der Waals surface area contributed by atoms with Gasteiger partial charge in [-0.05, 0) is 45.0 Å². The van der Waals surface area contributed by atoms with Crippen LogP contribution in [0.3, 0.4) is 0 Å². The average Bonchev–Trinajstić information content (AvgIpc) is 2.44. The molecule has 1 aromatic carbocycles. The van der Waals surface area contributed by atoms with Crippen molar-refractivity contribution in [1.82, 2.24) is 9.88 Å². The second-order valence-electron chi connectivity index (χ2n) is 5.83. The molecule has 2 rings (SSSR count). The highest BCUT2D eigenvalue weighted by atomic mass is 16.5. The molecular formula is C16H23N3O. The van der Waals surface area contributed by atoms with Gasteiger partial charge in [0, 0.05) is 23.7 Å². The summed E-state index contributed by atoms with van der Waals surface area (Å²) in [5, 5.41) is 2.13. The maximum absolute atomic E-state index is 5.95. The van der Waals surface area contributed by atoms with Gasteiger partial charge in [0.2, 0.25) is 5.88 Å². The van der Waals surface area contributed by atoms with Crippen molar-refractivity contribution in [3.8, 4) is 5.88 Å². The zero-order valence-corrected chi connectivity index (χ0v) is 12.7. The van der Waals surface area contributed by atoms with Crippen molar-refractivity contribution in [2.75, 3.05) is 20.7 Å². The molecule has 20 heavy (non-hydrogen) atoms. The van der Waals surface area contributed by atoms with E-state index >= 15 is 0 Å². The van der Waals surface area contributed by atoms with Crippen LogP contribution in [0.1, 0.15) is 19.4 Å². The normalized spacial score (nSPS) is 12.1. The molecule has 0 atom stereocenters. The van der Waals surface area contributed by atoms with Crippen LogP contribution in [0.5, 0.6) is 5.88 Å². The Bertz CT molecular complexity index is 593. The molecule has 0 aliphatic rings. The minimum Gasteiger partial charge on any atom is -0.475 e. The van der Waals surface area contributed by atoms with Crippen molar-refractivity contribution in [3.05, 3.63) is 36.0 Å². The molecule has 0 aliphatic heterocycles. The third-order valence-corrected chi connectivity index (χ3v) is 3.83. The van der Waals surface area contributed by atoms with Gasteiger partial charge in [0.15, 0.2) is 0 Å². The van der Waals surface area contributed by atoms with Gasteiger partial charge in [-0.3, -0.25) is 0 Å². The molecule has 2 N–H and O–H groups in total. The van der Waals surface area contributed by atoms with Crippen LogP contribution in [0.25, 0.3) is 10.8 Å². The zero-order valence-electron chi connectivity index (χ0n) is 12.7. The summed E-state index contributed by atoms with van der Waals surface area (Å²) in [6, 6.07) is 8.09.